The van der Waals surface area contributed by atoms with Crippen LogP contribution in [0.25, 0.3) is 0 Å². The molecule has 1 N–H and O–H groups in total. The van der Waals surface area contributed by atoms with Gasteiger partial charge in [-0.15, -0.1) is 0 Å². The Balaban J connectivity index is 1.85. The fourth-order valence-corrected chi connectivity index (χ4v) is 2.15. The SMILES string of the molecule is CCNCc1ncn(CC2CCC(C)(C)O2)n1. The van der Waals surface area contributed by atoms with Crippen molar-refractivity contribution in [1.29, 1.82) is 0 Å². The Morgan fingerprint density at radius 1 is 1.59 bits per heavy atom. The van der Waals surface area contributed by atoms with E-state index in [1.165, 1.54) is 0 Å². The fourth-order valence-electron chi connectivity index (χ4n) is 2.15. The zero-order chi connectivity index (χ0) is 12.3. The van der Waals surface area contributed by atoms with E-state index in [9.17, 15) is 0 Å². The number of nitrogens with one attached hydrogen (secondary N) is 1. The van der Waals surface area contributed by atoms with Gasteiger partial charge in [-0.3, -0.25) is 4.68 Å². The minimum atomic E-state index is 0.0256. The molecule has 1 atom stereocenters. The molecular formula is C12H22N4O. The summed E-state index contributed by atoms with van der Waals surface area (Å²) in [6.07, 6.45) is 4.30. The molecule has 0 radical (unpaired) electrons. The Labute approximate surface area is 103 Å². The van der Waals surface area contributed by atoms with Gasteiger partial charge in [0, 0.05) is 0 Å². The quantitative estimate of drug-likeness (QED) is 0.841. The summed E-state index contributed by atoms with van der Waals surface area (Å²) in [5.74, 6) is 0.851. The van der Waals surface area contributed by atoms with E-state index in [1.54, 1.807) is 6.33 Å². The van der Waals surface area contributed by atoms with E-state index in [-0.39, 0.29) is 11.7 Å². The van der Waals surface area contributed by atoms with E-state index in [2.05, 4.69) is 36.2 Å². The summed E-state index contributed by atoms with van der Waals surface area (Å²) >= 11 is 0. The van der Waals surface area contributed by atoms with Gasteiger partial charge in [-0.2, -0.15) is 5.10 Å². The highest BCUT2D eigenvalue weighted by molar-refractivity contribution is 4.84. The van der Waals surface area contributed by atoms with Crippen LogP contribution in [-0.4, -0.2) is 33.0 Å². The summed E-state index contributed by atoms with van der Waals surface area (Å²) in [4.78, 5) is 4.27. The van der Waals surface area contributed by atoms with E-state index in [0.717, 1.165) is 38.3 Å². The molecule has 5 nitrogen and oxygen atoms in total. The summed E-state index contributed by atoms with van der Waals surface area (Å²) < 4.78 is 7.83. The molecule has 96 valence electrons. The van der Waals surface area contributed by atoms with E-state index in [0.29, 0.717) is 0 Å². The van der Waals surface area contributed by atoms with Crippen LogP contribution in [0.2, 0.25) is 0 Å². The molecule has 0 aromatic carbocycles. The summed E-state index contributed by atoms with van der Waals surface area (Å²) in [5, 5.41) is 7.64. The third kappa shape index (κ3) is 3.51. The molecule has 1 unspecified atom stereocenters. The van der Waals surface area contributed by atoms with Crippen LogP contribution in [0.5, 0.6) is 0 Å². The molecule has 5 heteroatoms. The van der Waals surface area contributed by atoms with Gasteiger partial charge in [0.25, 0.3) is 0 Å². The molecule has 1 aliphatic heterocycles. The van der Waals surface area contributed by atoms with E-state index in [1.807, 2.05) is 4.68 Å². The standard InChI is InChI=1S/C12H22N4O/c1-4-13-7-11-14-9-16(15-11)8-10-5-6-12(2,3)17-10/h9-10,13H,4-8H2,1-3H3. The minimum absolute atomic E-state index is 0.0256. The predicted octanol–water partition coefficient (Wildman–Crippen LogP) is 1.35. The molecule has 17 heavy (non-hydrogen) atoms. The van der Waals surface area contributed by atoms with E-state index in [4.69, 9.17) is 4.74 Å². The van der Waals surface area contributed by atoms with Crippen molar-refractivity contribution in [2.45, 2.75) is 58.4 Å². The van der Waals surface area contributed by atoms with E-state index >= 15 is 0 Å². The number of nitrogens with zero attached hydrogens (tertiary/aromatic N) is 3. The molecule has 1 fully saturated rings. The van der Waals surface area contributed by atoms with Crippen molar-refractivity contribution in [3.8, 4) is 0 Å². The largest absolute Gasteiger partial charge is 0.370 e. The molecule has 1 aliphatic rings. The zero-order valence-corrected chi connectivity index (χ0v) is 10.9. The van der Waals surface area contributed by atoms with Crippen molar-refractivity contribution in [1.82, 2.24) is 20.1 Å². The lowest BCUT2D eigenvalue weighted by atomic mass is 10.1. The minimum Gasteiger partial charge on any atom is -0.370 e. The van der Waals surface area contributed by atoms with Gasteiger partial charge in [-0.25, -0.2) is 4.98 Å². The number of hydrogen-bond donors (Lipinski definition) is 1. The van der Waals surface area contributed by atoms with Crippen LogP contribution >= 0.6 is 0 Å². The smallest absolute Gasteiger partial charge is 0.164 e. The maximum atomic E-state index is 5.94. The van der Waals surface area contributed by atoms with Crippen molar-refractivity contribution < 1.29 is 4.74 Å². The third-order valence-corrected chi connectivity index (χ3v) is 3.06. The lowest BCUT2D eigenvalue weighted by Gasteiger charge is -2.18. The van der Waals surface area contributed by atoms with Crippen LogP contribution < -0.4 is 5.32 Å². The van der Waals surface area contributed by atoms with Crippen molar-refractivity contribution in [2.75, 3.05) is 6.54 Å². The number of hydrogen-bond acceptors (Lipinski definition) is 4. The molecule has 2 heterocycles. The first kappa shape index (κ1) is 12.5. The second-order valence-corrected chi connectivity index (χ2v) is 5.20. The number of rotatable bonds is 5. The summed E-state index contributed by atoms with van der Waals surface area (Å²) in [6.45, 7) is 8.85. The first-order valence-electron chi connectivity index (χ1n) is 6.36. The van der Waals surface area contributed by atoms with Crippen molar-refractivity contribution >= 4 is 0 Å². The normalized spacial score (nSPS) is 23.1. The zero-order valence-electron chi connectivity index (χ0n) is 10.9. The summed E-state index contributed by atoms with van der Waals surface area (Å²) in [7, 11) is 0. The maximum Gasteiger partial charge on any atom is 0.164 e. The highest BCUT2D eigenvalue weighted by atomic mass is 16.5. The molecule has 0 aliphatic carbocycles. The Hall–Kier alpha value is -0.940. The summed E-state index contributed by atoms with van der Waals surface area (Å²) in [5.41, 5.74) is 0.0256. The van der Waals surface area contributed by atoms with Crippen molar-refractivity contribution in [3.05, 3.63) is 12.2 Å². The lowest BCUT2D eigenvalue weighted by Crippen LogP contribution is -2.23. The fraction of sp³-hybridized carbons (Fsp3) is 0.833. The second kappa shape index (κ2) is 5.14. The molecular weight excluding hydrogens is 216 g/mol. The topological polar surface area (TPSA) is 52.0 Å². The molecule has 1 aromatic rings. The molecule has 0 amide bonds. The van der Waals surface area contributed by atoms with Crippen LogP contribution in [0.15, 0.2) is 6.33 Å². The number of ether oxygens (including phenoxy) is 1. The average Bonchev–Trinajstić information content (AvgIpc) is 2.83. The van der Waals surface area contributed by atoms with Gasteiger partial charge in [0.1, 0.15) is 6.33 Å². The lowest BCUT2D eigenvalue weighted by molar-refractivity contribution is -0.0230. The van der Waals surface area contributed by atoms with Crippen LogP contribution in [-0.2, 0) is 17.8 Å². The molecule has 0 spiro atoms. The Morgan fingerprint density at radius 2 is 2.41 bits per heavy atom. The summed E-state index contributed by atoms with van der Waals surface area (Å²) in [6, 6.07) is 0. The van der Waals surface area contributed by atoms with Gasteiger partial charge < -0.3 is 10.1 Å². The average molecular weight is 238 g/mol. The first-order valence-corrected chi connectivity index (χ1v) is 6.36. The van der Waals surface area contributed by atoms with Gasteiger partial charge in [0.15, 0.2) is 5.82 Å². The maximum absolute atomic E-state index is 5.94. The van der Waals surface area contributed by atoms with Gasteiger partial charge in [0.2, 0.25) is 0 Å². The van der Waals surface area contributed by atoms with Gasteiger partial charge in [-0.05, 0) is 33.2 Å². The predicted molar refractivity (Wildman–Crippen MR) is 65.6 cm³/mol. The van der Waals surface area contributed by atoms with Gasteiger partial charge in [-0.1, -0.05) is 6.92 Å². The van der Waals surface area contributed by atoms with Crippen molar-refractivity contribution in [3.63, 3.8) is 0 Å². The van der Waals surface area contributed by atoms with Gasteiger partial charge in [0.05, 0.1) is 24.8 Å². The number of aromatic nitrogens is 3. The molecule has 0 saturated carbocycles. The van der Waals surface area contributed by atoms with Crippen LogP contribution in [0.3, 0.4) is 0 Å². The Morgan fingerprint density at radius 3 is 3.06 bits per heavy atom. The molecule has 0 bridgehead atoms. The third-order valence-electron chi connectivity index (χ3n) is 3.06. The monoisotopic (exact) mass is 238 g/mol. The molecule has 1 saturated heterocycles. The highest BCUT2D eigenvalue weighted by Gasteiger charge is 2.31. The van der Waals surface area contributed by atoms with Crippen molar-refractivity contribution in [2.24, 2.45) is 0 Å². The van der Waals surface area contributed by atoms with E-state index < -0.39 is 0 Å². The Kier molecular flexibility index (Phi) is 3.79. The van der Waals surface area contributed by atoms with Crippen LogP contribution in [0, 0.1) is 0 Å². The van der Waals surface area contributed by atoms with Crippen LogP contribution in [0.4, 0.5) is 0 Å². The molecule has 2 rings (SSSR count). The molecule has 1 aromatic heterocycles. The second-order valence-electron chi connectivity index (χ2n) is 5.20. The van der Waals surface area contributed by atoms with Gasteiger partial charge >= 0.3 is 0 Å². The van der Waals surface area contributed by atoms with Crippen LogP contribution in [0.1, 0.15) is 39.4 Å². The first-order chi connectivity index (χ1) is 8.09. The Bertz CT molecular complexity index is 361. The highest BCUT2D eigenvalue weighted by Crippen LogP contribution is 2.29.